The van der Waals surface area contributed by atoms with E-state index in [1.165, 1.54) is 6.92 Å². The molecule has 0 aromatic heterocycles. The Morgan fingerprint density at radius 2 is 1.62 bits per heavy atom. The standard InChI is InChI=1S/C15H27N5O6/c1-4-7(2)12(17)14(24)18-6-11(22)19-8(3)13(23)20-9(15(25)26)5-10(16)21/h7-9,12H,4-6,17H2,1-3H3,(H2,16,21)(H,18,24)(H,19,22)(H,20,23)(H,25,26). The lowest BCUT2D eigenvalue weighted by Gasteiger charge is -2.19. The van der Waals surface area contributed by atoms with E-state index in [2.05, 4.69) is 16.0 Å². The lowest BCUT2D eigenvalue weighted by atomic mass is 9.99. The van der Waals surface area contributed by atoms with E-state index < -0.39 is 54.1 Å². The average molecular weight is 373 g/mol. The van der Waals surface area contributed by atoms with Crippen LogP contribution in [0.2, 0.25) is 0 Å². The highest BCUT2D eigenvalue weighted by Crippen LogP contribution is 2.04. The van der Waals surface area contributed by atoms with Crippen LogP contribution in [0.25, 0.3) is 0 Å². The van der Waals surface area contributed by atoms with Crippen LogP contribution in [-0.2, 0) is 24.0 Å². The van der Waals surface area contributed by atoms with Crippen LogP contribution in [0.15, 0.2) is 0 Å². The van der Waals surface area contributed by atoms with E-state index in [4.69, 9.17) is 16.6 Å². The van der Waals surface area contributed by atoms with Crippen LogP contribution in [0.5, 0.6) is 0 Å². The Bertz CT molecular complexity index is 553. The Hall–Kier alpha value is -2.69. The van der Waals surface area contributed by atoms with Gasteiger partial charge in [0, 0.05) is 0 Å². The zero-order valence-electron chi connectivity index (χ0n) is 15.1. The monoisotopic (exact) mass is 373 g/mol. The molecule has 0 aromatic carbocycles. The second-order valence-electron chi connectivity index (χ2n) is 5.99. The van der Waals surface area contributed by atoms with Gasteiger partial charge in [0.05, 0.1) is 19.0 Å². The number of carboxylic acid groups (broad SMARTS) is 1. The molecule has 4 amide bonds. The molecule has 0 fully saturated rings. The summed E-state index contributed by atoms with van der Waals surface area (Å²) >= 11 is 0. The topological polar surface area (TPSA) is 194 Å². The van der Waals surface area contributed by atoms with Gasteiger partial charge in [-0.15, -0.1) is 0 Å². The molecular formula is C15H27N5O6. The van der Waals surface area contributed by atoms with Crippen molar-refractivity contribution in [2.45, 2.75) is 51.7 Å². The molecule has 0 aliphatic rings. The fourth-order valence-corrected chi connectivity index (χ4v) is 1.85. The molecule has 0 rings (SSSR count). The van der Waals surface area contributed by atoms with Crippen LogP contribution >= 0.6 is 0 Å². The number of nitrogens with one attached hydrogen (secondary N) is 3. The fourth-order valence-electron chi connectivity index (χ4n) is 1.85. The number of carbonyl (C=O) groups is 5. The lowest BCUT2D eigenvalue weighted by molar-refractivity contribution is -0.143. The van der Waals surface area contributed by atoms with E-state index in [0.717, 1.165) is 0 Å². The third-order valence-electron chi connectivity index (χ3n) is 3.77. The number of carbonyl (C=O) groups excluding carboxylic acids is 4. The Balaban J connectivity index is 4.48. The molecule has 8 N–H and O–H groups in total. The van der Waals surface area contributed by atoms with Crippen molar-refractivity contribution in [3.63, 3.8) is 0 Å². The third kappa shape index (κ3) is 8.42. The molecule has 26 heavy (non-hydrogen) atoms. The normalized spacial score (nSPS) is 15.1. The summed E-state index contributed by atoms with van der Waals surface area (Å²) < 4.78 is 0. The molecule has 148 valence electrons. The molecule has 0 saturated heterocycles. The minimum atomic E-state index is -1.49. The summed E-state index contributed by atoms with van der Waals surface area (Å²) in [4.78, 5) is 57.2. The van der Waals surface area contributed by atoms with Gasteiger partial charge in [-0.3, -0.25) is 19.2 Å². The maximum atomic E-state index is 11.9. The maximum Gasteiger partial charge on any atom is 0.326 e. The van der Waals surface area contributed by atoms with Crippen LogP contribution < -0.4 is 27.4 Å². The van der Waals surface area contributed by atoms with Gasteiger partial charge in [0.2, 0.25) is 23.6 Å². The van der Waals surface area contributed by atoms with Crippen molar-refractivity contribution in [1.29, 1.82) is 0 Å². The Labute approximate surface area is 151 Å². The minimum absolute atomic E-state index is 0.0547. The molecule has 0 spiro atoms. The summed E-state index contributed by atoms with van der Waals surface area (Å²) in [6.07, 6.45) is 0.124. The molecule has 11 heteroatoms. The fraction of sp³-hybridized carbons (Fsp3) is 0.667. The number of rotatable bonds is 11. The number of nitrogens with two attached hydrogens (primary N) is 2. The average Bonchev–Trinajstić information content (AvgIpc) is 2.56. The number of carboxylic acids is 1. The van der Waals surface area contributed by atoms with Crippen molar-refractivity contribution in [3.05, 3.63) is 0 Å². The van der Waals surface area contributed by atoms with Crippen molar-refractivity contribution >= 4 is 29.6 Å². The molecule has 0 saturated carbocycles. The molecule has 0 bridgehead atoms. The van der Waals surface area contributed by atoms with Gasteiger partial charge >= 0.3 is 5.97 Å². The first-order chi connectivity index (χ1) is 12.0. The summed E-state index contributed by atoms with van der Waals surface area (Å²) in [6.45, 7) is 4.63. The van der Waals surface area contributed by atoms with Crippen LogP contribution in [-0.4, -0.2) is 59.4 Å². The van der Waals surface area contributed by atoms with Crippen molar-refractivity contribution in [2.75, 3.05) is 6.54 Å². The molecule has 0 radical (unpaired) electrons. The lowest BCUT2D eigenvalue weighted by Crippen LogP contribution is -2.53. The highest BCUT2D eigenvalue weighted by molar-refractivity contribution is 5.93. The molecule has 0 aliphatic heterocycles. The summed E-state index contributed by atoms with van der Waals surface area (Å²) in [5.74, 6) is -4.33. The zero-order chi connectivity index (χ0) is 20.4. The summed E-state index contributed by atoms with van der Waals surface area (Å²) in [7, 11) is 0. The zero-order valence-corrected chi connectivity index (χ0v) is 15.1. The van der Waals surface area contributed by atoms with Crippen molar-refractivity contribution < 1.29 is 29.1 Å². The molecule has 0 heterocycles. The Morgan fingerprint density at radius 1 is 1.04 bits per heavy atom. The van der Waals surface area contributed by atoms with Gasteiger partial charge < -0.3 is 32.5 Å². The van der Waals surface area contributed by atoms with Gasteiger partial charge in [-0.2, -0.15) is 0 Å². The van der Waals surface area contributed by atoms with Crippen LogP contribution in [0.3, 0.4) is 0 Å². The van der Waals surface area contributed by atoms with E-state index in [0.29, 0.717) is 6.42 Å². The van der Waals surface area contributed by atoms with E-state index in [-0.39, 0.29) is 12.5 Å². The third-order valence-corrected chi connectivity index (χ3v) is 3.77. The van der Waals surface area contributed by atoms with Gasteiger partial charge in [0.25, 0.3) is 0 Å². The summed E-state index contributed by atoms with van der Waals surface area (Å²) in [5, 5.41) is 15.7. The van der Waals surface area contributed by atoms with Gasteiger partial charge in [-0.25, -0.2) is 4.79 Å². The molecule has 4 atom stereocenters. The number of hydrogen-bond acceptors (Lipinski definition) is 6. The van der Waals surface area contributed by atoms with Crippen LogP contribution in [0.1, 0.15) is 33.6 Å². The SMILES string of the molecule is CCC(C)C(N)C(=O)NCC(=O)NC(C)C(=O)NC(CC(N)=O)C(=O)O. The van der Waals surface area contributed by atoms with Crippen LogP contribution in [0, 0.1) is 5.92 Å². The molecular weight excluding hydrogens is 346 g/mol. The number of aliphatic carboxylic acids is 1. The van der Waals surface area contributed by atoms with Crippen molar-refractivity contribution in [1.82, 2.24) is 16.0 Å². The number of hydrogen-bond donors (Lipinski definition) is 6. The van der Waals surface area contributed by atoms with Crippen LogP contribution in [0.4, 0.5) is 0 Å². The smallest absolute Gasteiger partial charge is 0.326 e. The van der Waals surface area contributed by atoms with E-state index >= 15 is 0 Å². The second kappa shape index (κ2) is 11.0. The summed E-state index contributed by atoms with van der Waals surface area (Å²) in [6, 6.07) is -3.33. The second-order valence-corrected chi connectivity index (χ2v) is 5.99. The molecule has 4 unspecified atom stereocenters. The van der Waals surface area contributed by atoms with Gasteiger partial charge in [-0.05, 0) is 12.8 Å². The summed E-state index contributed by atoms with van der Waals surface area (Å²) in [5.41, 5.74) is 10.6. The van der Waals surface area contributed by atoms with Crippen molar-refractivity contribution in [2.24, 2.45) is 17.4 Å². The first kappa shape index (κ1) is 23.3. The van der Waals surface area contributed by atoms with E-state index in [1.807, 2.05) is 13.8 Å². The first-order valence-electron chi connectivity index (χ1n) is 8.13. The highest BCUT2D eigenvalue weighted by atomic mass is 16.4. The quantitative estimate of drug-likeness (QED) is 0.229. The van der Waals surface area contributed by atoms with Gasteiger partial charge in [0.15, 0.2) is 0 Å². The van der Waals surface area contributed by atoms with E-state index in [1.54, 1.807) is 0 Å². The predicted octanol–water partition coefficient (Wildman–Crippen LogP) is -2.57. The highest BCUT2D eigenvalue weighted by Gasteiger charge is 2.25. The van der Waals surface area contributed by atoms with Gasteiger partial charge in [-0.1, -0.05) is 20.3 Å². The largest absolute Gasteiger partial charge is 0.480 e. The van der Waals surface area contributed by atoms with Gasteiger partial charge in [0.1, 0.15) is 12.1 Å². The van der Waals surface area contributed by atoms with E-state index in [9.17, 15) is 24.0 Å². The molecule has 11 nitrogen and oxygen atoms in total. The number of amides is 4. The Morgan fingerprint density at radius 3 is 2.08 bits per heavy atom. The minimum Gasteiger partial charge on any atom is -0.480 e. The predicted molar refractivity (Wildman–Crippen MR) is 91.4 cm³/mol. The molecule has 0 aliphatic carbocycles. The first-order valence-corrected chi connectivity index (χ1v) is 8.13. The van der Waals surface area contributed by atoms with Crippen molar-refractivity contribution in [3.8, 4) is 0 Å². The maximum absolute atomic E-state index is 11.9. The Kier molecular flexibility index (Phi) is 9.89. The molecule has 0 aromatic rings. The number of primary amides is 1.